The lowest BCUT2D eigenvalue weighted by Crippen LogP contribution is -2.41. The first-order chi connectivity index (χ1) is 7.21. The topological polar surface area (TPSA) is 40.1 Å². The molecule has 0 aromatic heterocycles. The van der Waals surface area contributed by atoms with Crippen LogP contribution in [0.3, 0.4) is 0 Å². The van der Waals surface area contributed by atoms with Gasteiger partial charge in [0.25, 0.3) is 0 Å². The lowest BCUT2D eigenvalue weighted by molar-refractivity contribution is -0.897. The number of carboxylic acids is 1. The van der Waals surface area contributed by atoms with Gasteiger partial charge in [-0.05, 0) is 6.42 Å². The van der Waals surface area contributed by atoms with Gasteiger partial charge in [-0.25, -0.2) is 0 Å². The summed E-state index contributed by atoms with van der Waals surface area (Å²) in [6, 6.07) is 0. The van der Waals surface area contributed by atoms with Gasteiger partial charge in [0.1, 0.15) is 5.97 Å². The Morgan fingerprint density at radius 1 is 1.31 bits per heavy atom. The summed E-state index contributed by atoms with van der Waals surface area (Å²) in [5, 5.41) is 8.78. The number of carboxylic acid groups (broad SMARTS) is 1. The van der Waals surface area contributed by atoms with Crippen LogP contribution in [0.2, 0.25) is 0 Å². The number of quaternary nitrogens is 1. The van der Waals surface area contributed by atoms with Crippen molar-refractivity contribution >= 4 is 5.97 Å². The molecule has 0 aliphatic carbocycles. The van der Waals surface area contributed by atoms with E-state index in [1.807, 2.05) is 0 Å². The van der Waals surface area contributed by atoms with E-state index in [1.165, 1.54) is 43.4 Å². The number of carbonyl (C=O) groups is 1. The summed E-state index contributed by atoms with van der Waals surface area (Å²) in [5.41, 5.74) is 0. The molecule has 0 spiro atoms. The molecule has 1 heterocycles. The van der Waals surface area contributed by atoms with E-state index in [0.717, 1.165) is 0 Å². The second-order valence-corrected chi connectivity index (χ2v) is 4.28. The van der Waals surface area contributed by atoms with Crippen LogP contribution in [0.5, 0.6) is 0 Å². The second-order valence-electron chi connectivity index (χ2n) is 4.28. The number of hydrogen-bond acceptors (Lipinski definition) is 2. The Bertz CT molecular complexity index is 223. The van der Waals surface area contributed by atoms with Gasteiger partial charge in [0, 0.05) is 12.8 Å². The molecule has 96 valence electrons. The molecule has 0 aromatic rings. The van der Waals surface area contributed by atoms with Crippen LogP contribution in [0.1, 0.15) is 26.2 Å². The third-order valence-corrected chi connectivity index (χ3v) is 2.64. The van der Waals surface area contributed by atoms with E-state index in [0.29, 0.717) is 0 Å². The fourth-order valence-electron chi connectivity index (χ4n) is 1.86. The molecule has 6 heteroatoms. The smallest absolute Gasteiger partial charge is 0.430 e. The number of hydrogen-bond donors (Lipinski definition) is 0. The van der Waals surface area contributed by atoms with Crippen LogP contribution >= 0.6 is 0 Å². The molecule has 0 N–H and O–H groups in total. The van der Waals surface area contributed by atoms with Crippen molar-refractivity contribution in [2.24, 2.45) is 0 Å². The molecule has 1 rings (SSSR count). The van der Waals surface area contributed by atoms with E-state index >= 15 is 0 Å². The zero-order valence-corrected chi connectivity index (χ0v) is 9.64. The Balaban J connectivity index is 0.000000293. The lowest BCUT2D eigenvalue weighted by Gasteiger charge is -2.28. The van der Waals surface area contributed by atoms with Gasteiger partial charge in [0.15, 0.2) is 0 Å². The molecule has 0 bridgehead atoms. The van der Waals surface area contributed by atoms with Crippen molar-refractivity contribution in [3.63, 3.8) is 0 Å². The Labute approximate surface area is 93.4 Å². The highest BCUT2D eigenvalue weighted by atomic mass is 19.4. The van der Waals surface area contributed by atoms with Gasteiger partial charge in [-0.1, -0.05) is 6.92 Å². The minimum Gasteiger partial charge on any atom is -0.542 e. The SMILES string of the molecule is CCC[N+]1(C)CCCC1.O=C([O-])C(F)(F)F. The van der Waals surface area contributed by atoms with Crippen molar-refractivity contribution in [2.75, 3.05) is 26.7 Å². The monoisotopic (exact) mass is 241 g/mol. The summed E-state index contributed by atoms with van der Waals surface area (Å²) in [6.45, 7) is 6.52. The van der Waals surface area contributed by atoms with E-state index in [4.69, 9.17) is 9.90 Å². The highest BCUT2D eigenvalue weighted by molar-refractivity contribution is 5.70. The number of likely N-dealkylation sites (tertiary alicyclic amines) is 1. The molecule has 1 fully saturated rings. The van der Waals surface area contributed by atoms with Crippen LogP contribution in [0.25, 0.3) is 0 Å². The molecule has 0 saturated carbocycles. The maximum atomic E-state index is 10.5. The van der Waals surface area contributed by atoms with E-state index in [9.17, 15) is 13.2 Å². The van der Waals surface area contributed by atoms with Crippen LogP contribution in [0.15, 0.2) is 0 Å². The number of nitrogens with zero attached hydrogens (tertiary/aromatic N) is 1. The number of rotatable bonds is 2. The van der Waals surface area contributed by atoms with Gasteiger partial charge >= 0.3 is 6.18 Å². The van der Waals surface area contributed by atoms with Crippen molar-refractivity contribution < 1.29 is 27.6 Å². The largest absolute Gasteiger partial charge is 0.542 e. The molecule has 0 aromatic carbocycles. The summed E-state index contributed by atoms with van der Waals surface area (Å²) in [6.07, 6.45) is -0.941. The van der Waals surface area contributed by atoms with Crippen LogP contribution in [0, 0.1) is 0 Å². The van der Waals surface area contributed by atoms with E-state index in [2.05, 4.69) is 14.0 Å². The first-order valence-corrected chi connectivity index (χ1v) is 5.33. The average molecular weight is 241 g/mol. The maximum absolute atomic E-state index is 10.5. The van der Waals surface area contributed by atoms with Crippen LogP contribution in [-0.4, -0.2) is 43.3 Å². The molecule has 1 aliphatic rings. The Hall–Kier alpha value is -0.780. The zero-order chi connectivity index (χ0) is 12.8. The summed E-state index contributed by atoms with van der Waals surface area (Å²) >= 11 is 0. The predicted octanol–water partition coefficient (Wildman–Crippen LogP) is 0.935. The van der Waals surface area contributed by atoms with Gasteiger partial charge in [0.05, 0.1) is 26.7 Å². The molecule has 0 radical (unpaired) electrons. The van der Waals surface area contributed by atoms with Gasteiger partial charge < -0.3 is 14.4 Å². The third kappa shape index (κ3) is 5.95. The second kappa shape index (κ2) is 6.08. The molecular weight excluding hydrogens is 223 g/mol. The standard InChI is InChI=1S/C8H18N.C2HF3O2/c1-3-6-9(2)7-4-5-8-9;3-2(4,5)1(6)7/h3-8H2,1-2H3;(H,6,7)/q+1;/p-1. The van der Waals surface area contributed by atoms with Gasteiger partial charge in [-0.15, -0.1) is 0 Å². The van der Waals surface area contributed by atoms with Crippen LogP contribution < -0.4 is 5.11 Å². The van der Waals surface area contributed by atoms with Crippen molar-refractivity contribution in [1.29, 1.82) is 0 Å². The minimum absolute atomic E-state index is 1.34. The van der Waals surface area contributed by atoms with Crippen molar-refractivity contribution in [3.05, 3.63) is 0 Å². The summed E-state index contributed by atoms with van der Waals surface area (Å²) in [7, 11) is 2.39. The first kappa shape index (κ1) is 15.2. The molecule has 16 heavy (non-hydrogen) atoms. The number of halogens is 3. The molecule has 3 nitrogen and oxygen atoms in total. The Morgan fingerprint density at radius 3 is 1.94 bits per heavy atom. The van der Waals surface area contributed by atoms with Gasteiger partial charge in [0.2, 0.25) is 0 Å². The normalized spacial score (nSPS) is 18.8. The fraction of sp³-hybridized carbons (Fsp3) is 0.900. The van der Waals surface area contributed by atoms with Crippen molar-refractivity contribution in [1.82, 2.24) is 0 Å². The summed E-state index contributed by atoms with van der Waals surface area (Å²) in [5.74, 6) is -3.01. The maximum Gasteiger partial charge on any atom is 0.430 e. The van der Waals surface area contributed by atoms with Crippen LogP contribution in [0.4, 0.5) is 13.2 Å². The van der Waals surface area contributed by atoms with Crippen molar-refractivity contribution in [2.45, 2.75) is 32.4 Å². The first-order valence-electron chi connectivity index (χ1n) is 5.33. The molecular formula is C10H18F3NO2. The van der Waals surface area contributed by atoms with Gasteiger partial charge in [-0.2, -0.15) is 13.2 Å². The molecule has 1 aliphatic heterocycles. The molecule has 0 amide bonds. The predicted molar refractivity (Wildman–Crippen MR) is 51.4 cm³/mol. The summed E-state index contributed by atoms with van der Waals surface area (Å²) < 4.78 is 32.9. The zero-order valence-electron chi connectivity index (χ0n) is 9.64. The average Bonchev–Trinajstić information content (AvgIpc) is 2.52. The van der Waals surface area contributed by atoms with Crippen LogP contribution in [-0.2, 0) is 4.79 Å². The lowest BCUT2D eigenvalue weighted by atomic mass is 10.4. The highest BCUT2D eigenvalue weighted by Gasteiger charge is 2.28. The van der Waals surface area contributed by atoms with Crippen molar-refractivity contribution in [3.8, 4) is 0 Å². The van der Waals surface area contributed by atoms with E-state index in [1.54, 1.807) is 0 Å². The van der Waals surface area contributed by atoms with E-state index < -0.39 is 12.1 Å². The fourth-order valence-corrected chi connectivity index (χ4v) is 1.86. The highest BCUT2D eigenvalue weighted by Crippen LogP contribution is 2.16. The molecule has 0 atom stereocenters. The third-order valence-electron chi connectivity index (χ3n) is 2.64. The summed E-state index contributed by atoms with van der Waals surface area (Å²) in [4.78, 5) is 8.78. The number of alkyl halides is 3. The van der Waals surface area contributed by atoms with Gasteiger partial charge in [-0.3, -0.25) is 0 Å². The Morgan fingerprint density at radius 2 is 1.69 bits per heavy atom. The Kier molecular flexibility index (Phi) is 5.78. The number of carbonyl (C=O) groups excluding carboxylic acids is 1. The molecule has 0 unspecified atom stereocenters. The van der Waals surface area contributed by atoms with E-state index in [-0.39, 0.29) is 0 Å². The minimum atomic E-state index is -5.19. The quantitative estimate of drug-likeness (QED) is 0.675. The number of aliphatic carboxylic acids is 1. The molecule has 1 saturated heterocycles.